The normalized spacial score (nSPS) is 10.3. The van der Waals surface area contributed by atoms with Gasteiger partial charge >= 0.3 is 5.97 Å². The van der Waals surface area contributed by atoms with Crippen molar-refractivity contribution in [3.8, 4) is 0 Å². The molecule has 0 atom stereocenters. The number of hydrogen-bond acceptors (Lipinski definition) is 8. The molecular weight excluding hydrogens is 256 g/mol. The molecule has 2 heterocycles. The third-order valence-electron chi connectivity index (χ3n) is 2.07. The van der Waals surface area contributed by atoms with Crippen molar-refractivity contribution in [1.82, 2.24) is 15.2 Å². The van der Waals surface area contributed by atoms with E-state index in [1.807, 2.05) is 6.92 Å². The topological polar surface area (TPSA) is 90.1 Å². The highest BCUT2D eigenvalue weighted by Crippen LogP contribution is 2.15. The van der Waals surface area contributed by atoms with Crippen molar-refractivity contribution >= 4 is 22.4 Å². The van der Waals surface area contributed by atoms with Gasteiger partial charge in [-0.25, -0.2) is 9.78 Å². The fourth-order valence-electron chi connectivity index (χ4n) is 1.17. The van der Waals surface area contributed by atoms with E-state index in [0.717, 1.165) is 0 Å². The van der Waals surface area contributed by atoms with Crippen LogP contribution < -0.4 is 5.32 Å². The lowest BCUT2D eigenvalue weighted by Gasteiger charge is -1.98. The van der Waals surface area contributed by atoms with Gasteiger partial charge in [-0.3, -0.25) is 0 Å². The lowest BCUT2D eigenvalue weighted by atomic mass is 10.5. The van der Waals surface area contributed by atoms with Crippen molar-refractivity contribution in [3.63, 3.8) is 0 Å². The molecule has 96 valence electrons. The number of ether oxygens (including phenoxy) is 1. The van der Waals surface area contributed by atoms with Crippen LogP contribution in [0.3, 0.4) is 0 Å². The smallest absolute Gasteiger partial charge is 0.358 e. The Hall–Kier alpha value is -1.96. The number of hydrogen-bond donors (Lipinski definition) is 1. The number of rotatable bonds is 5. The molecule has 0 aromatic carbocycles. The average Bonchev–Trinajstić information content (AvgIpc) is 3.04. The van der Waals surface area contributed by atoms with E-state index in [9.17, 15) is 4.79 Å². The van der Waals surface area contributed by atoms with E-state index in [1.165, 1.54) is 11.3 Å². The van der Waals surface area contributed by atoms with E-state index in [0.29, 0.717) is 17.4 Å². The highest BCUT2D eigenvalue weighted by molar-refractivity contribution is 7.13. The number of aryl methyl sites for hydroxylation is 1. The summed E-state index contributed by atoms with van der Waals surface area (Å²) in [6.45, 7) is 1.86. The number of aromatic nitrogens is 3. The molecule has 0 unspecified atom stereocenters. The van der Waals surface area contributed by atoms with Crippen molar-refractivity contribution in [2.75, 3.05) is 12.4 Å². The first kappa shape index (κ1) is 12.5. The first-order valence-corrected chi connectivity index (χ1v) is 6.22. The number of esters is 1. The molecule has 2 aromatic rings. The van der Waals surface area contributed by atoms with Crippen LogP contribution in [0.25, 0.3) is 0 Å². The minimum absolute atomic E-state index is 0.0434. The Kier molecular flexibility index (Phi) is 3.88. The molecule has 0 aliphatic rings. The molecule has 2 aromatic heterocycles. The Morgan fingerprint density at radius 2 is 2.28 bits per heavy atom. The van der Waals surface area contributed by atoms with Crippen LogP contribution in [0.1, 0.15) is 29.2 Å². The Labute approximate surface area is 107 Å². The van der Waals surface area contributed by atoms with Crippen LogP contribution in [0.4, 0.5) is 5.13 Å². The average molecular weight is 268 g/mol. The quantitative estimate of drug-likeness (QED) is 0.821. The van der Waals surface area contributed by atoms with Gasteiger partial charge in [0.1, 0.15) is 0 Å². The Bertz CT molecular complexity index is 537. The minimum Gasteiger partial charge on any atom is -0.451 e. The summed E-state index contributed by atoms with van der Waals surface area (Å²) in [6, 6.07) is 0. The number of carbonyl (C=O) groups is 1. The minimum atomic E-state index is -0.510. The standard InChI is InChI=1S/C10H12N4O3S/c1-3-7-13-14-8(17-7)4-16-9(15)6-5-18-10(11-2)12-6/h5H,3-4H2,1-2H3,(H,11,12). The Morgan fingerprint density at radius 3 is 2.89 bits per heavy atom. The van der Waals surface area contributed by atoms with Gasteiger partial charge in [0.15, 0.2) is 17.4 Å². The van der Waals surface area contributed by atoms with Gasteiger partial charge in [-0.05, 0) is 0 Å². The summed E-state index contributed by atoms with van der Waals surface area (Å²) < 4.78 is 10.2. The molecule has 0 saturated carbocycles. The van der Waals surface area contributed by atoms with Gasteiger partial charge in [-0.15, -0.1) is 21.5 Å². The molecule has 0 radical (unpaired) electrons. The van der Waals surface area contributed by atoms with Crippen LogP contribution in [-0.2, 0) is 17.8 Å². The largest absolute Gasteiger partial charge is 0.451 e. The molecule has 18 heavy (non-hydrogen) atoms. The summed E-state index contributed by atoms with van der Waals surface area (Å²) in [5.41, 5.74) is 0.264. The predicted molar refractivity (Wildman–Crippen MR) is 64.5 cm³/mol. The van der Waals surface area contributed by atoms with Gasteiger partial charge in [-0.1, -0.05) is 6.92 Å². The van der Waals surface area contributed by atoms with E-state index in [-0.39, 0.29) is 18.2 Å². The zero-order valence-electron chi connectivity index (χ0n) is 9.97. The van der Waals surface area contributed by atoms with Gasteiger partial charge in [0.05, 0.1) is 0 Å². The summed E-state index contributed by atoms with van der Waals surface area (Å²) in [7, 11) is 1.73. The fraction of sp³-hybridized carbons (Fsp3) is 0.400. The van der Waals surface area contributed by atoms with Gasteiger partial charge in [0.25, 0.3) is 5.89 Å². The maximum Gasteiger partial charge on any atom is 0.358 e. The molecule has 0 bridgehead atoms. The highest BCUT2D eigenvalue weighted by atomic mass is 32.1. The Balaban J connectivity index is 1.91. The van der Waals surface area contributed by atoms with E-state index in [1.54, 1.807) is 12.4 Å². The van der Waals surface area contributed by atoms with Crippen molar-refractivity contribution in [1.29, 1.82) is 0 Å². The third kappa shape index (κ3) is 2.83. The van der Waals surface area contributed by atoms with Gasteiger partial charge in [-0.2, -0.15) is 0 Å². The number of nitrogens with one attached hydrogen (secondary N) is 1. The summed E-state index contributed by atoms with van der Waals surface area (Å²) >= 11 is 1.33. The number of carbonyl (C=O) groups excluding carboxylic acids is 1. The predicted octanol–water partition coefficient (Wildman–Crippen LogP) is 1.49. The van der Waals surface area contributed by atoms with Gasteiger partial charge in [0, 0.05) is 18.8 Å². The maximum atomic E-state index is 11.6. The Morgan fingerprint density at radius 1 is 1.50 bits per heavy atom. The van der Waals surface area contributed by atoms with E-state index >= 15 is 0 Å². The second kappa shape index (κ2) is 5.58. The second-order valence-electron chi connectivity index (χ2n) is 3.31. The van der Waals surface area contributed by atoms with Crippen LogP contribution in [0.15, 0.2) is 9.80 Å². The SMILES string of the molecule is CCc1nnc(COC(=O)c2csc(NC)n2)o1. The zero-order chi connectivity index (χ0) is 13.0. The number of anilines is 1. The third-order valence-corrected chi connectivity index (χ3v) is 2.92. The summed E-state index contributed by atoms with van der Waals surface area (Å²) in [5, 5.41) is 12.7. The summed E-state index contributed by atoms with van der Waals surface area (Å²) in [5.74, 6) is 0.292. The van der Waals surface area contributed by atoms with Crippen molar-refractivity contribution in [3.05, 3.63) is 22.9 Å². The molecule has 0 spiro atoms. The van der Waals surface area contributed by atoms with Crippen LogP contribution in [0.5, 0.6) is 0 Å². The number of thiazole rings is 1. The molecule has 0 saturated heterocycles. The molecule has 0 fully saturated rings. The summed E-state index contributed by atoms with van der Waals surface area (Å²) in [4.78, 5) is 15.7. The molecular formula is C10H12N4O3S. The zero-order valence-corrected chi connectivity index (χ0v) is 10.8. The fourth-order valence-corrected chi connectivity index (χ4v) is 1.81. The van der Waals surface area contributed by atoms with Crippen molar-refractivity contribution < 1.29 is 13.9 Å². The molecule has 0 amide bonds. The highest BCUT2D eigenvalue weighted by Gasteiger charge is 2.13. The van der Waals surface area contributed by atoms with Crippen molar-refractivity contribution in [2.45, 2.75) is 20.0 Å². The first-order chi connectivity index (χ1) is 8.72. The molecule has 1 N–H and O–H groups in total. The second-order valence-corrected chi connectivity index (χ2v) is 4.17. The van der Waals surface area contributed by atoms with Crippen LogP contribution in [-0.4, -0.2) is 28.2 Å². The van der Waals surface area contributed by atoms with E-state index in [4.69, 9.17) is 9.15 Å². The van der Waals surface area contributed by atoms with E-state index in [2.05, 4.69) is 20.5 Å². The maximum absolute atomic E-state index is 11.6. The van der Waals surface area contributed by atoms with Crippen LogP contribution in [0.2, 0.25) is 0 Å². The monoisotopic (exact) mass is 268 g/mol. The van der Waals surface area contributed by atoms with Crippen molar-refractivity contribution in [2.24, 2.45) is 0 Å². The van der Waals surface area contributed by atoms with Gasteiger partial charge < -0.3 is 14.5 Å². The summed E-state index contributed by atoms with van der Waals surface area (Å²) in [6.07, 6.45) is 0.651. The molecule has 7 nitrogen and oxygen atoms in total. The first-order valence-electron chi connectivity index (χ1n) is 5.34. The molecule has 0 aliphatic carbocycles. The van der Waals surface area contributed by atoms with Gasteiger partial charge in [0.2, 0.25) is 5.89 Å². The molecule has 0 aliphatic heterocycles. The molecule has 2 rings (SSSR count). The lowest BCUT2D eigenvalue weighted by molar-refractivity contribution is 0.0430. The van der Waals surface area contributed by atoms with E-state index < -0.39 is 5.97 Å². The van der Waals surface area contributed by atoms with Crippen LogP contribution in [0, 0.1) is 0 Å². The number of nitrogens with zero attached hydrogens (tertiary/aromatic N) is 3. The lowest BCUT2D eigenvalue weighted by Crippen LogP contribution is -2.06. The van der Waals surface area contributed by atoms with Crippen LogP contribution >= 0.6 is 11.3 Å². The molecule has 8 heteroatoms.